The molecule has 1 aliphatic rings. The lowest BCUT2D eigenvalue weighted by Crippen LogP contribution is -2.43. The van der Waals surface area contributed by atoms with E-state index in [1.54, 1.807) is 6.07 Å². The fourth-order valence-electron chi connectivity index (χ4n) is 2.01. The van der Waals surface area contributed by atoms with E-state index in [9.17, 15) is 13.2 Å². The van der Waals surface area contributed by atoms with Crippen molar-refractivity contribution < 1.29 is 17.9 Å². The van der Waals surface area contributed by atoms with Crippen LogP contribution >= 0.6 is 23.2 Å². The third-order valence-corrected chi connectivity index (χ3v) is 5.33. The van der Waals surface area contributed by atoms with Crippen LogP contribution in [-0.4, -0.2) is 50.9 Å². The molecule has 0 spiro atoms. The van der Waals surface area contributed by atoms with Crippen LogP contribution < -0.4 is 4.74 Å². The van der Waals surface area contributed by atoms with E-state index in [-0.39, 0.29) is 51.9 Å². The first kappa shape index (κ1) is 15.4. The first-order chi connectivity index (χ1) is 9.35. The lowest BCUT2D eigenvalue weighted by Gasteiger charge is -2.27. The molecule has 20 heavy (non-hydrogen) atoms. The summed E-state index contributed by atoms with van der Waals surface area (Å²) in [5.74, 6) is -0.250. The van der Waals surface area contributed by atoms with Gasteiger partial charge in [0, 0.05) is 13.1 Å². The van der Waals surface area contributed by atoms with Gasteiger partial charge < -0.3 is 9.64 Å². The van der Waals surface area contributed by atoms with Gasteiger partial charge in [0.05, 0.1) is 28.7 Å². The smallest absolute Gasteiger partial charge is 0.259 e. The average Bonchev–Trinajstić information content (AvgIpc) is 2.40. The highest BCUT2D eigenvalue weighted by molar-refractivity contribution is 7.91. The molecule has 5 nitrogen and oxygen atoms in total. The maximum atomic E-state index is 12.5. The van der Waals surface area contributed by atoms with E-state index in [1.807, 2.05) is 0 Å². The monoisotopic (exact) mass is 337 g/mol. The number of benzene rings is 1. The zero-order valence-electron chi connectivity index (χ0n) is 10.7. The molecule has 8 heteroatoms. The highest BCUT2D eigenvalue weighted by atomic mass is 35.5. The van der Waals surface area contributed by atoms with Crippen LogP contribution in [0, 0.1) is 0 Å². The minimum atomic E-state index is -3.05. The Morgan fingerprint density at radius 2 is 1.75 bits per heavy atom. The molecule has 0 aliphatic carbocycles. The van der Waals surface area contributed by atoms with Crippen LogP contribution in [0.3, 0.4) is 0 Å². The molecule has 0 atom stereocenters. The lowest BCUT2D eigenvalue weighted by molar-refractivity contribution is 0.0767. The van der Waals surface area contributed by atoms with Gasteiger partial charge in [-0.15, -0.1) is 0 Å². The molecular formula is C12H13Cl2NO4S. The largest absolute Gasteiger partial charge is 0.494 e. The Bertz CT molecular complexity index is 631. The van der Waals surface area contributed by atoms with Gasteiger partial charge in [0.15, 0.2) is 15.6 Å². The second-order valence-corrected chi connectivity index (χ2v) is 7.50. The van der Waals surface area contributed by atoms with E-state index in [0.717, 1.165) is 0 Å². The molecule has 0 unspecified atom stereocenters. The minimum Gasteiger partial charge on any atom is -0.494 e. The molecule has 1 heterocycles. The summed E-state index contributed by atoms with van der Waals surface area (Å²) >= 11 is 12.0. The van der Waals surface area contributed by atoms with Crippen molar-refractivity contribution in [1.29, 1.82) is 0 Å². The summed E-state index contributed by atoms with van der Waals surface area (Å²) in [4.78, 5) is 13.9. The van der Waals surface area contributed by atoms with Gasteiger partial charge in [0.1, 0.15) is 5.56 Å². The SMILES string of the molecule is COc1c(Cl)ccc(Cl)c1C(=O)N1CCS(=O)(=O)CC1. The fraction of sp³-hybridized carbons (Fsp3) is 0.417. The van der Waals surface area contributed by atoms with Crippen molar-refractivity contribution in [1.82, 2.24) is 4.90 Å². The predicted octanol–water partition coefficient (Wildman–Crippen LogP) is 1.87. The Kier molecular flexibility index (Phi) is 4.46. The summed E-state index contributed by atoms with van der Waals surface area (Å²) < 4.78 is 27.9. The predicted molar refractivity (Wildman–Crippen MR) is 77.6 cm³/mol. The Morgan fingerprint density at radius 1 is 1.20 bits per heavy atom. The Morgan fingerprint density at radius 3 is 2.30 bits per heavy atom. The number of hydrogen-bond acceptors (Lipinski definition) is 4. The second-order valence-electron chi connectivity index (χ2n) is 4.38. The molecule has 110 valence electrons. The van der Waals surface area contributed by atoms with Gasteiger partial charge in [0.2, 0.25) is 0 Å². The standard InChI is InChI=1S/C12H13Cl2NO4S/c1-19-11-9(14)3-2-8(13)10(11)12(16)15-4-6-20(17,18)7-5-15/h2-3H,4-7H2,1H3. The van der Waals surface area contributed by atoms with Gasteiger partial charge in [-0.2, -0.15) is 0 Å². The summed E-state index contributed by atoms with van der Waals surface area (Å²) in [5, 5.41) is 0.509. The highest BCUT2D eigenvalue weighted by Crippen LogP contribution is 2.34. The summed E-state index contributed by atoms with van der Waals surface area (Å²) in [5.41, 5.74) is 0.168. The van der Waals surface area contributed by atoms with Gasteiger partial charge in [-0.3, -0.25) is 4.79 Å². The van der Waals surface area contributed by atoms with Crippen LogP contribution in [0.4, 0.5) is 0 Å². The number of nitrogens with zero attached hydrogens (tertiary/aromatic N) is 1. The molecule has 0 radical (unpaired) electrons. The molecule has 0 bridgehead atoms. The van der Waals surface area contributed by atoms with Crippen molar-refractivity contribution >= 4 is 38.9 Å². The van der Waals surface area contributed by atoms with E-state index >= 15 is 0 Å². The van der Waals surface area contributed by atoms with Gasteiger partial charge in [0.25, 0.3) is 5.91 Å². The van der Waals surface area contributed by atoms with Crippen LogP contribution in [0.2, 0.25) is 10.0 Å². The Labute approximate surface area is 127 Å². The minimum absolute atomic E-state index is 0.0424. The molecule has 0 N–H and O–H groups in total. The van der Waals surface area contributed by atoms with Gasteiger partial charge in [-0.25, -0.2) is 8.42 Å². The van der Waals surface area contributed by atoms with Crippen LogP contribution in [0.15, 0.2) is 12.1 Å². The number of hydrogen-bond donors (Lipinski definition) is 0. The number of carbonyl (C=O) groups excluding carboxylic acids is 1. The summed E-state index contributed by atoms with van der Waals surface area (Å²) in [7, 11) is -1.65. The molecule has 1 amide bonds. The molecule has 0 aromatic heterocycles. The summed E-state index contributed by atoms with van der Waals surface area (Å²) in [6, 6.07) is 3.06. The van der Waals surface area contributed by atoms with Crippen LogP contribution in [-0.2, 0) is 9.84 Å². The number of sulfone groups is 1. The quantitative estimate of drug-likeness (QED) is 0.826. The maximum absolute atomic E-state index is 12.5. The zero-order chi connectivity index (χ0) is 14.9. The number of rotatable bonds is 2. The third kappa shape index (κ3) is 3.02. The van der Waals surface area contributed by atoms with Crippen molar-refractivity contribution in [2.45, 2.75) is 0 Å². The molecule has 1 saturated heterocycles. The third-order valence-electron chi connectivity index (χ3n) is 3.11. The van der Waals surface area contributed by atoms with E-state index < -0.39 is 9.84 Å². The van der Waals surface area contributed by atoms with Crippen molar-refractivity contribution in [2.75, 3.05) is 31.7 Å². The van der Waals surface area contributed by atoms with Gasteiger partial charge in [-0.1, -0.05) is 23.2 Å². The topological polar surface area (TPSA) is 63.7 Å². The molecule has 1 aliphatic heterocycles. The lowest BCUT2D eigenvalue weighted by atomic mass is 10.1. The number of halogens is 2. The van der Waals surface area contributed by atoms with Gasteiger partial charge >= 0.3 is 0 Å². The maximum Gasteiger partial charge on any atom is 0.259 e. The summed E-state index contributed by atoms with van der Waals surface area (Å²) in [6.45, 7) is 0.292. The summed E-state index contributed by atoms with van der Waals surface area (Å²) in [6.07, 6.45) is 0. The Balaban J connectivity index is 2.33. The van der Waals surface area contributed by atoms with Crippen molar-refractivity contribution in [3.05, 3.63) is 27.7 Å². The second kappa shape index (κ2) is 5.79. The van der Waals surface area contributed by atoms with Crippen molar-refractivity contribution in [2.24, 2.45) is 0 Å². The Hall–Kier alpha value is -0.980. The van der Waals surface area contributed by atoms with Crippen molar-refractivity contribution in [3.8, 4) is 5.75 Å². The van der Waals surface area contributed by atoms with Crippen LogP contribution in [0.5, 0.6) is 5.75 Å². The molecule has 0 saturated carbocycles. The van der Waals surface area contributed by atoms with E-state index in [1.165, 1.54) is 18.1 Å². The number of ether oxygens (including phenoxy) is 1. The van der Waals surface area contributed by atoms with Crippen LogP contribution in [0.25, 0.3) is 0 Å². The van der Waals surface area contributed by atoms with Crippen molar-refractivity contribution in [3.63, 3.8) is 0 Å². The molecule has 1 aromatic rings. The van der Waals surface area contributed by atoms with Gasteiger partial charge in [-0.05, 0) is 12.1 Å². The highest BCUT2D eigenvalue weighted by Gasteiger charge is 2.29. The average molecular weight is 338 g/mol. The molecule has 1 aromatic carbocycles. The first-order valence-corrected chi connectivity index (χ1v) is 8.45. The first-order valence-electron chi connectivity index (χ1n) is 5.87. The molecule has 1 fully saturated rings. The number of carbonyl (C=O) groups is 1. The van der Waals surface area contributed by atoms with E-state index in [4.69, 9.17) is 27.9 Å². The molecule has 2 rings (SSSR count). The zero-order valence-corrected chi connectivity index (χ0v) is 13.1. The number of amides is 1. The fourth-order valence-corrected chi connectivity index (χ4v) is 3.67. The van der Waals surface area contributed by atoms with E-state index in [0.29, 0.717) is 0 Å². The van der Waals surface area contributed by atoms with Crippen LogP contribution in [0.1, 0.15) is 10.4 Å². The van der Waals surface area contributed by atoms with E-state index in [2.05, 4.69) is 0 Å². The normalized spacial score (nSPS) is 17.9. The molecular weight excluding hydrogens is 325 g/mol. The number of methoxy groups -OCH3 is 1.